The molecule has 3 rings (SSSR count). The topological polar surface area (TPSA) is 45.2 Å². The van der Waals surface area contributed by atoms with Crippen molar-refractivity contribution in [1.82, 2.24) is 10.3 Å². The number of carbonyl (C=O) groups excluding carboxylic acids is 1. The van der Waals surface area contributed by atoms with E-state index in [1.54, 1.807) is 6.20 Å². The van der Waals surface area contributed by atoms with Gasteiger partial charge in [0.15, 0.2) is 0 Å². The van der Waals surface area contributed by atoms with Crippen LogP contribution in [0.2, 0.25) is 5.02 Å². The standard InChI is InChI=1S/C21H26ClN3O/c1-2-19-5-3-4-14-25(19)20-11-8-17(15-24-20)21(26)23-13-12-16-6-9-18(22)10-7-16/h6-11,15,19H,2-5,12-14H2,1H3,(H,23,26). The van der Waals surface area contributed by atoms with Crippen LogP contribution >= 0.6 is 11.6 Å². The number of aromatic nitrogens is 1. The lowest BCUT2D eigenvalue weighted by molar-refractivity contribution is 0.0954. The molecule has 1 atom stereocenters. The summed E-state index contributed by atoms with van der Waals surface area (Å²) in [4.78, 5) is 19.2. The second-order valence-electron chi connectivity index (χ2n) is 6.79. The van der Waals surface area contributed by atoms with Crippen molar-refractivity contribution in [2.45, 2.75) is 45.1 Å². The Labute approximate surface area is 160 Å². The second kappa shape index (κ2) is 9.04. The van der Waals surface area contributed by atoms with Gasteiger partial charge in [-0.1, -0.05) is 30.7 Å². The summed E-state index contributed by atoms with van der Waals surface area (Å²) in [7, 11) is 0. The molecule has 0 spiro atoms. The Kier molecular flexibility index (Phi) is 6.51. The molecule has 1 amide bonds. The van der Waals surface area contributed by atoms with Gasteiger partial charge in [-0.25, -0.2) is 4.98 Å². The SMILES string of the molecule is CCC1CCCCN1c1ccc(C(=O)NCCc2ccc(Cl)cc2)cn1. The number of halogens is 1. The van der Waals surface area contributed by atoms with E-state index < -0.39 is 0 Å². The van der Waals surface area contributed by atoms with Crippen LogP contribution in [-0.4, -0.2) is 30.0 Å². The number of nitrogens with zero attached hydrogens (tertiary/aromatic N) is 2. The fraction of sp³-hybridized carbons (Fsp3) is 0.429. The van der Waals surface area contributed by atoms with Gasteiger partial charge in [0.2, 0.25) is 0 Å². The van der Waals surface area contributed by atoms with Gasteiger partial charge in [0.05, 0.1) is 5.56 Å². The molecule has 1 unspecified atom stereocenters. The Morgan fingerprint density at radius 1 is 1.23 bits per heavy atom. The molecular weight excluding hydrogens is 346 g/mol. The largest absolute Gasteiger partial charge is 0.354 e. The molecule has 1 aromatic heterocycles. The summed E-state index contributed by atoms with van der Waals surface area (Å²) in [6.45, 7) is 3.87. The number of pyridine rings is 1. The maximum Gasteiger partial charge on any atom is 0.252 e. The Morgan fingerprint density at radius 3 is 2.73 bits per heavy atom. The average Bonchev–Trinajstić information content (AvgIpc) is 2.69. The lowest BCUT2D eigenvalue weighted by Crippen LogP contribution is -2.39. The molecule has 1 aliphatic heterocycles. The second-order valence-corrected chi connectivity index (χ2v) is 7.23. The molecule has 2 heterocycles. The predicted molar refractivity (Wildman–Crippen MR) is 107 cm³/mol. The van der Waals surface area contributed by atoms with Crippen LogP contribution < -0.4 is 10.2 Å². The Hall–Kier alpha value is -2.07. The zero-order chi connectivity index (χ0) is 18.4. The van der Waals surface area contributed by atoms with Crippen LogP contribution in [0.4, 0.5) is 5.82 Å². The smallest absolute Gasteiger partial charge is 0.252 e. The number of hydrogen-bond acceptors (Lipinski definition) is 3. The van der Waals surface area contributed by atoms with Crippen LogP contribution in [0.25, 0.3) is 0 Å². The quantitative estimate of drug-likeness (QED) is 0.814. The van der Waals surface area contributed by atoms with E-state index in [0.29, 0.717) is 18.2 Å². The van der Waals surface area contributed by atoms with Crippen molar-refractivity contribution in [3.8, 4) is 0 Å². The highest BCUT2D eigenvalue weighted by atomic mass is 35.5. The van der Waals surface area contributed by atoms with Crippen LogP contribution in [0, 0.1) is 0 Å². The Bertz CT molecular complexity index is 715. The number of amides is 1. The number of rotatable bonds is 6. The lowest BCUT2D eigenvalue weighted by atomic mass is 10.00. The van der Waals surface area contributed by atoms with Gasteiger partial charge in [0, 0.05) is 30.4 Å². The van der Waals surface area contributed by atoms with Crippen molar-refractivity contribution < 1.29 is 4.79 Å². The first kappa shape index (κ1) is 18.7. The van der Waals surface area contributed by atoms with E-state index in [2.05, 4.69) is 22.1 Å². The third-order valence-corrected chi connectivity index (χ3v) is 5.27. The third kappa shape index (κ3) is 4.76. The highest BCUT2D eigenvalue weighted by Gasteiger charge is 2.22. The predicted octanol–water partition coefficient (Wildman–Crippen LogP) is 4.48. The van der Waals surface area contributed by atoms with Gasteiger partial charge in [0.25, 0.3) is 5.91 Å². The summed E-state index contributed by atoms with van der Waals surface area (Å²) in [5.74, 6) is 0.901. The first-order chi connectivity index (χ1) is 12.7. The minimum absolute atomic E-state index is 0.0799. The minimum Gasteiger partial charge on any atom is -0.354 e. The van der Waals surface area contributed by atoms with E-state index in [1.807, 2.05) is 36.4 Å². The van der Waals surface area contributed by atoms with Crippen molar-refractivity contribution in [3.63, 3.8) is 0 Å². The maximum atomic E-state index is 12.3. The van der Waals surface area contributed by atoms with Crippen LogP contribution in [-0.2, 0) is 6.42 Å². The van der Waals surface area contributed by atoms with Crippen molar-refractivity contribution in [3.05, 3.63) is 58.7 Å². The van der Waals surface area contributed by atoms with E-state index in [9.17, 15) is 4.79 Å². The molecular formula is C21H26ClN3O. The Morgan fingerprint density at radius 2 is 2.04 bits per heavy atom. The summed E-state index contributed by atoms with van der Waals surface area (Å²) in [6, 6.07) is 12.1. The molecule has 1 aliphatic rings. The average molecular weight is 372 g/mol. The number of nitrogens with one attached hydrogen (secondary N) is 1. The summed E-state index contributed by atoms with van der Waals surface area (Å²) in [5, 5.41) is 3.68. The molecule has 0 bridgehead atoms. The molecule has 4 nitrogen and oxygen atoms in total. The van der Waals surface area contributed by atoms with Gasteiger partial charge in [-0.15, -0.1) is 0 Å². The summed E-state index contributed by atoms with van der Waals surface area (Å²) < 4.78 is 0. The van der Waals surface area contributed by atoms with Gasteiger partial charge in [-0.05, 0) is 61.9 Å². The van der Waals surface area contributed by atoms with Gasteiger partial charge in [-0.2, -0.15) is 0 Å². The van der Waals surface area contributed by atoms with Crippen molar-refractivity contribution in [2.24, 2.45) is 0 Å². The number of benzene rings is 1. The molecule has 0 saturated carbocycles. The number of piperidine rings is 1. The van der Waals surface area contributed by atoms with E-state index in [4.69, 9.17) is 11.6 Å². The summed E-state index contributed by atoms with van der Waals surface area (Å²) in [5.41, 5.74) is 1.76. The first-order valence-corrected chi connectivity index (χ1v) is 9.80. The number of carbonyl (C=O) groups is 1. The highest BCUT2D eigenvalue weighted by molar-refractivity contribution is 6.30. The van der Waals surface area contributed by atoms with Gasteiger partial charge >= 0.3 is 0 Å². The fourth-order valence-electron chi connectivity index (χ4n) is 3.49. The highest BCUT2D eigenvalue weighted by Crippen LogP contribution is 2.24. The maximum absolute atomic E-state index is 12.3. The van der Waals surface area contributed by atoms with E-state index in [0.717, 1.165) is 35.8 Å². The van der Waals surface area contributed by atoms with Crippen LogP contribution in [0.1, 0.15) is 48.5 Å². The van der Waals surface area contributed by atoms with Crippen molar-refractivity contribution in [2.75, 3.05) is 18.0 Å². The molecule has 5 heteroatoms. The molecule has 2 aromatic rings. The number of hydrogen-bond donors (Lipinski definition) is 1. The lowest BCUT2D eigenvalue weighted by Gasteiger charge is -2.36. The molecule has 138 valence electrons. The fourth-order valence-corrected chi connectivity index (χ4v) is 3.62. The van der Waals surface area contributed by atoms with Gasteiger partial charge in [0.1, 0.15) is 5.82 Å². The monoisotopic (exact) mass is 371 g/mol. The van der Waals surface area contributed by atoms with Gasteiger partial charge < -0.3 is 10.2 Å². The molecule has 0 aliphatic carbocycles. The summed E-state index contributed by atoms with van der Waals surface area (Å²) >= 11 is 5.88. The number of anilines is 1. The normalized spacial score (nSPS) is 17.2. The Balaban J connectivity index is 1.54. The van der Waals surface area contributed by atoms with Crippen molar-refractivity contribution in [1.29, 1.82) is 0 Å². The molecule has 1 saturated heterocycles. The van der Waals surface area contributed by atoms with Crippen LogP contribution in [0.5, 0.6) is 0 Å². The van der Waals surface area contributed by atoms with Crippen LogP contribution in [0.15, 0.2) is 42.6 Å². The first-order valence-electron chi connectivity index (χ1n) is 9.42. The third-order valence-electron chi connectivity index (χ3n) is 5.02. The van der Waals surface area contributed by atoms with Crippen LogP contribution in [0.3, 0.4) is 0 Å². The molecule has 1 N–H and O–H groups in total. The molecule has 0 radical (unpaired) electrons. The molecule has 1 aromatic carbocycles. The van der Waals surface area contributed by atoms with Crippen molar-refractivity contribution >= 4 is 23.3 Å². The summed E-state index contributed by atoms with van der Waals surface area (Å²) in [6.07, 6.45) is 7.34. The molecule has 26 heavy (non-hydrogen) atoms. The van der Waals surface area contributed by atoms with E-state index in [-0.39, 0.29) is 5.91 Å². The minimum atomic E-state index is -0.0799. The van der Waals surface area contributed by atoms with Gasteiger partial charge in [-0.3, -0.25) is 4.79 Å². The van der Waals surface area contributed by atoms with E-state index in [1.165, 1.54) is 19.3 Å². The molecule has 1 fully saturated rings. The van der Waals surface area contributed by atoms with E-state index >= 15 is 0 Å². The zero-order valence-electron chi connectivity index (χ0n) is 15.2. The zero-order valence-corrected chi connectivity index (χ0v) is 16.0.